The molecule has 1 heterocycles. The SMILES string of the molecule is CN1CCOc2ccc(CC3(CN)CC3)cc21. The molecule has 1 fully saturated rings. The molecule has 1 aromatic rings. The molecule has 0 atom stereocenters. The van der Waals surface area contributed by atoms with E-state index >= 15 is 0 Å². The molecule has 1 aliphatic heterocycles. The number of anilines is 1. The number of nitrogens with zero attached hydrogens (tertiary/aromatic N) is 1. The van der Waals surface area contributed by atoms with Gasteiger partial charge in [0.05, 0.1) is 12.2 Å². The third-order valence-electron chi connectivity index (χ3n) is 4.09. The molecule has 17 heavy (non-hydrogen) atoms. The minimum atomic E-state index is 0.405. The van der Waals surface area contributed by atoms with Crippen molar-refractivity contribution in [2.45, 2.75) is 19.3 Å². The van der Waals surface area contributed by atoms with E-state index in [-0.39, 0.29) is 0 Å². The monoisotopic (exact) mass is 232 g/mol. The molecule has 3 heteroatoms. The number of ether oxygens (including phenoxy) is 1. The van der Waals surface area contributed by atoms with E-state index in [4.69, 9.17) is 10.5 Å². The van der Waals surface area contributed by atoms with E-state index in [1.54, 1.807) is 0 Å². The average molecular weight is 232 g/mol. The molecular weight excluding hydrogens is 212 g/mol. The Kier molecular flexibility index (Phi) is 2.51. The normalized spacial score (nSPS) is 20.7. The lowest BCUT2D eigenvalue weighted by atomic mass is 9.96. The summed E-state index contributed by atoms with van der Waals surface area (Å²) in [6.07, 6.45) is 3.68. The molecule has 0 amide bonds. The van der Waals surface area contributed by atoms with Crippen LogP contribution in [-0.4, -0.2) is 26.7 Å². The summed E-state index contributed by atoms with van der Waals surface area (Å²) in [5, 5.41) is 0. The molecule has 1 saturated carbocycles. The maximum absolute atomic E-state index is 5.85. The molecule has 2 aliphatic rings. The molecule has 3 nitrogen and oxygen atoms in total. The van der Waals surface area contributed by atoms with Gasteiger partial charge in [-0.1, -0.05) is 6.07 Å². The summed E-state index contributed by atoms with van der Waals surface area (Å²) < 4.78 is 5.65. The molecule has 0 bridgehead atoms. The highest BCUT2D eigenvalue weighted by Gasteiger charge is 2.41. The van der Waals surface area contributed by atoms with Crippen LogP contribution in [0.1, 0.15) is 18.4 Å². The second-order valence-electron chi connectivity index (χ2n) is 5.45. The van der Waals surface area contributed by atoms with Gasteiger partial charge in [-0.15, -0.1) is 0 Å². The van der Waals surface area contributed by atoms with Crippen LogP contribution in [0.15, 0.2) is 18.2 Å². The quantitative estimate of drug-likeness (QED) is 0.863. The maximum Gasteiger partial charge on any atom is 0.142 e. The highest BCUT2D eigenvalue weighted by Crippen LogP contribution is 2.48. The maximum atomic E-state index is 5.85. The molecule has 3 rings (SSSR count). The number of likely N-dealkylation sites (N-methyl/N-ethyl adjacent to an activating group) is 1. The first-order valence-electron chi connectivity index (χ1n) is 6.39. The van der Waals surface area contributed by atoms with Crippen molar-refractivity contribution in [2.24, 2.45) is 11.1 Å². The number of rotatable bonds is 3. The predicted octanol–water partition coefficient (Wildman–Crippen LogP) is 1.80. The first-order valence-corrected chi connectivity index (χ1v) is 6.39. The average Bonchev–Trinajstić information content (AvgIpc) is 3.11. The van der Waals surface area contributed by atoms with Gasteiger partial charge in [0.15, 0.2) is 0 Å². The van der Waals surface area contributed by atoms with Crippen LogP contribution >= 0.6 is 0 Å². The van der Waals surface area contributed by atoms with Crippen molar-refractivity contribution < 1.29 is 4.74 Å². The lowest BCUT2D eigenvalue weighted by Crippen LogP contribution is -2.29. The Morgan fingerprint density at radius 3 is 2.94 bits per heavy atom. The van der Waals surface area contributed by atoms with Crippen molar-refractivity contribution >= 4 is 5.69 Å². The molecule has 0 radical (unpaired) electrons. The summed E-state index contributed by atoms with van der Waals surface area (Å²) in [6.45, 7) is 2.57. The molecule has 2 N–H and O–H groups in total. The summed E-state index contributed by atoms with van der Waals surface area (Å²) in [5.41, 5.74) is 8.87. The highest BCUT2D eigenvalue weighted by molar-refractivity contribution is 5.61. The van der Waals surface area contributed by atoms with E-state index < -0.39 is 0 Å². The van der Waals surface area contributed by atoms with Crippen molar-refractivity contribution in [3.05, 3.63) is 23.8 Å². The van der Waals surface area contributed by atoms with Gasteiger partial charge in [0.2, 0.25) is 0 Å². The fraction of sp³-hybridized carbons (Fsp3) is 0.571. The third kappa shape index (κ3) is 2.00. The highest BCUT2D eigenvalue weighted by atomic mass is 16.5. The van der Waals surface area contributed by atoms with Crippen LogP contribution in [-0.2, 0) is 6.42 Å². The van der Waals surface area contributed by atoms with Crippen LogP contribution in [0.4, 0.5) is 5.69 Å². The third-order valence-corrected chi connectivity index (χ3v) is 4.09. The predicted molar refractivity (Wildman–Crippen MR) is 69.6 cm³/mol. The standard InChI is InChI=1S/C14H20N2O/c1-16-6-7-17-13-3-2-11(8-12(13)16)9-14(10-15)4-5-14/h2-3,8H,4-7,9-10,15H2,1H3. The Morgan fingerprint density at radius 2 is 2.24 bits per heavy atom. The second-order valence-corrected chi connectivity index (χ2v) is 5.45. The van der Waals surface area contributed by atoms with Crippen LogP contribution in [0.3, 0.4) is 0 Å². The van der Waals surface area contributed by atoms with Gasteiger partial charge in [-0.25, -0.2) is 0 Å². The Hall–Kier alpha value is -1.22. The first-order chi connectivity index (χ1) is 8.22. The van der Waals surface area contributed by atoms with Crippen LogP contribution in [0, 0.1) is 5.41 Å². The van der Waals surface area contributed by atoms with Crippen LogP contribution < -0.4 is 15.4 Å². The first kappa shape index (κ1) is 10.9. The zero-order chi connectivity index (χ0) is 11.9. The molecule has 0 unspecified atom stereocenters. The van der Waals surface area contributed by atoms with E-state index in [0.29, 0.717) is 5.41 Å². The van der Waals surface area contributed by atoms with E-state index in [1.165, 1.54) is 24.1 Å². The fourth-order valence-corrected chi connectivity index (χ4v) is 2.57. The smallest absolute Gasteiger partial charge is 0.142 e. The number of hydrogen-bond donors (Lipinski definition) is 1. The summed E-state index contributed by atoms with van der Waals surface area (Å²) in [7, 11) is 2.13. The van der Waals surface area contributed by atoms with Gasteiger partial charge in [-0.2, -0.15) is 0 Å². The minimum absolute atomic E-state index is 0.405. The molecule has 92 valence electrons. The van der Waals surface area contributed by atoms with Gasteiger partial charge >= 0.3 is 0 Å². The fourth-order valence-electron chi connectivity index (χ4n) is 2.57. The summed E-state index contributed by atoms with van der Waals surface area (Å²) in [4.78, 5) is 2.27. The Labute approximate surface area is 103 Å². The van der Waals surface area contributed by atoms with E-state index in [0.717, 1.165) is 31.9 Å². The summed E-state index contributed by atoms with van der Waals surface area (Å²) in [6, 6.07) is 6.56. The van der Waals surface area contributed by atoms with Gasteiger partial charge < -0.3 is 15.4 Å². The number of fused-ring (bicyclic) bond motifs is 1. The van der Waals surface area contributed by atoms with Crippen LogP contribution in [0.5, 0.6) is 5.75 Å². The van der Waals surface area contributed by atoms with Gasteiger partial charge in [-0.3, -0.25) is 0 Å². The van der Waals surface area contributed by atoms with Crippen molar-refractivity contribution in [2.75, 3.05) is 31.6 Å². The van der Waals surface area contributed by atoms with Gasteiger partial charge in [-0.05, 0) is 48.9 Å². The molecule has 1 aliphatic carbocycles. The second kappa shape index (κ2) is 3.91. The van der Waals surface area contributed by atoms with E-state index in [9.17, 15) is 0 Å². The Balaban J connectivity index is 1.84. The summed E-state index contributed by atoms with van der Waals surface area (Å²) >= 11 is 0. The van der Waals surface area contributed by atoms with Crippen molar-refractivity contribution in [3.8, 4) is 5.75 Å². The molecule has 1 aromatic carbocycles. The van der Waals surface area contributed by atoms with E-state index in [1.807, 2.05) is 0 Å². The van der Waals surface area contributed by atoms with Crippen molar-refractivity contribution in [3.63, 3.8) is 0 Å². The zero-order valence-electron chi connectivity index (χ0n) is 10.4. The molecular formula is C14H20N2O. The van der Waals surface area contributed by atoms with Gasteiger partial charge in [0.1, 0.15) is 12.4 Å². The minimum Gasteiger partial charge on any atom is -0.490 e. The van der Waals surface area contributed by atoms with Crippen LogP contribution in [0.25, 0.3) is 0 Å². The van der Waals surface area contributed by atoms with Crippen LogP contribution in [0.2, 0.25) is 0 Å². The lowest BCUT2D eigenvalue weighted by molar-refractivity contribution is 0.311. The summed E-state index contributed by atoms with van der Waals surface area (Å²) in [5.74, 6) is 1.01. The molecule has 0 saturated heterocycles. The Bertz CT molecular complexity index is 426. The van der Waals surface area contributed by atoms with Crippen molar-refractivity contribution in [1.29, 1.82) is 0 Å². The van der Waals surface area contributed by atoms with Gasteiger partial charge in [0, 0.05) is 7.05 Å². The number of hydrogen-bond acceptors (Lipinski definition) is 3. The van der Waals surface area contributed by atoms with Crippen molar-refractivity contribution in [1.82, 2.24) is 0 Å². The lowest BCUT2D eigenvalue weighted by Gasteiger charge is -2.28. The topological polar surface area (TPSA) is 38.5 Å². The zero-order valence-corrected chi connectivity index (χ0v) is 10.4. The number of benzene rings is 1. The van der Waals surface area contributed by atoms with Gasteiger partial charge in [0.25, 0.3) is 0 Å². The van der Waals surface area contributed by atoms with E-state index in [2.05, 4.69) is 30.1 Å². The number of nitrogens with two attached hydrogens (primary N) is 1. The Morgan fingerprint density at radius 1 is 1.41 bits per heavy atom. The molecule has 0 aromatic heterocycles. The molecule has 0 spiro atoms. The largest absolute Gasteiger partial charge is 0.490 e.